The van der Waals surface area contributed by atoms with Crippen LogP contribution >= 0.6 is 0 Å². The van der Waals surface area contributed by atoms with Gasteiger partial charge in [0.1, 0.15) is 0 Å². The van der Waals surface area contributed by atoms with Crippen molar-refractivity contribution in [3.05, 3.63) is 46.0 Å². The van der Waals surface area contributed by atoms with Gasteiger partial charge in [-0.3, -0.25) is 19.7 Å². The quantitative estimate of drug-likeness (QED) is 0.335. The maximum atomic E-state index is 13.4. The summed E-state index contributed by atoms with van der Waals surface area (Å²) in [6, 6.07) is 5.58. The highest BCUT2D eigenvalue weighted by molar-refractivity contribution is 6.23. The van der Waals surface area contributed by atoms with E-state index in [2.05, 4.69) is 19.9 Å². The number of hydrogen-bond donors (Lipinski definition) is 0. The van der Waals surface area contributed by atoms with Gasteiger partial charge in [-0.15, -0.1) is 0 Å². The number of amides is 2. The molecule has 0 saturated carbocycles. The van der Waals surface area contributed by atoms with Gasteiger partial charge in [-0.2, -0.15) is 0 Å². The number of anilines is 1. The number of nitro benzene ring substituents is 1. The second kappa shape index (κ2) is 6.51. The molecule has 2 amide bonds. The number of nitrogens with zero attached hydrogens (tertiary/aromatic N) is 2. The molecule has 7 nitrogen and oxygen atoms in total. The highest BCUT2D eigenvalue weighted by Gasteiger charge is 2.64. The van der Waals surface area contributed by atoms with Crippen LogP contribution in [-0.4, -0.2) is 28.9 Å². The fraction of sp³-hybridized carbons (Fsp3) is 0.524. The van der Waals surface area contributed by atoms with Crippen LogP contribution in [0.4, 0.5) is 11.4 Å². The van der Waals surface area contributed by atoms with Gasteiger partial charge < -0.3 is 4.74 Å². The number of non-ortho nitro benzene ring substituents is 1. The van der Waals surface area contributed by atoms with Gasteiger partial charge in [-0.1, -0.05) is 25.5 Å². The molecule has 1 aromatic rings. The Morgan fingerprint density at radius 2 is 1.93 bits per heavy atom. The molecule has 148 valence electrons. The van der Waals surface area contributed by atoms with E-state index in [1.165, 1.54) is 29.2 Å². The second-order valence-electron chi connectivity index (χ2n) is 8.48. The fourth-order valence-electron chi connectivity index (χ4n) is 4.88. The maximum Gasteiger partial charge on any atom is 0.269 e. The number of ether oxygens (including phenoxy) is 1. The van der Waals surface area contributed by atoms with Crippen LogP contribution in [0.5, 0.6) is 0 Å². The summed E-state index contributed by atoms with van der Waals surface area (Å²) in [7, 11) is 0. The molecule has 7 heteroatoms. The Hall–Kier alpha value is -2.54. The Bertz CT molecular complexity index is 875. The molecule has 2 bridgehead atoms. The summed E-state index contributed by atoms with van der Waals surface area (Å²) in [5, 5.41) is 10.9. The minimum absolute atomic E-state index is 0.0745. The molecule has 3 aliphatic heterocycles. The zero-order valence-corrected chi connectivity index (χ0v) is 16.3. The van der Waals surface area contributed by atoms with E-state index < -0.39 is 22.4 Å². The monoisotopic (exact) mass is 384 g/mol. The molecular formula is C21H24N2O5. The van der Waals surface area contributed by atoms with Crippen molar-refractivity contribution in [2.75, 3.05) is 11.5 Å². The highest BCUT2D eigenvalue weighted by atomic mass is 16.6. The highest BCUT2D eigenvalue weighted by Crippen LogP contribution is 2.54. The zero-order chi connectivity index (χ0) is 20.2. The van der Waals surface area contributed by atoms with E-state index in [4.69, 9.17) is 4.74 Å². The van der Waals surface area contributed by atoms with Gasteiger partial charge in [0.2, 0.25) is 11.8 Å². The van der Waals surface area contributed by atoms with Gasteiger partial charge in [-0.25, -0.2) is 4.90 Å². The number of nitro groups is 1. The summed E-state index contributed by atoms with van der Waals surface area (Å²) in [4.78, 5) is 38.3. The number of carbonyl (C=O) groups excluding carboxylic acids is 2. The van der Waals surface area contributed by atoms with Crippen molar-refractivity contribution in [1.82, 2.24) is 0 Å². The zero-order valence-electron chi connectivity index (χ0n) is 16.3. The van der Waals surface area contributed by atoms with Gasteiger partial charge in [-0.05, 0) is 37.8 Å². The van der Waals surface area contributed by atoms with Crippen molar-refractivity contribution in [1.29, 1.82) is 0 Å². The fourth-order valence-corrected chi connectivity index (χ4v) is 4.88. The van der Waals surface area contributed by atoms with Crippen LogP contribution in [0.1, 0.15) is 33.6 Å². The van der Waals surface area contributed by atoms with Gasteiger partial charge >= 0.3 is 0 Å². The lowest BCUT2D eigenvalue weighted by molar-refractivity contribution is -0.384. The third kappa shape index (κ3) is 2.68. The van der Waals surface area contributed by atoms with E-state index in [0.29, 0.717) is 24.6 Å². The van der Waals surface area contributed by atoms with Crippen molar-refractivity contribution in [2.45, 2.75) is 39.2 Å². The third-order valence-corrected chi connectivity index (χ3v) is 6.33. The predicted molar refractivity (Wildman–Crippen MR) is 103 cm³/mol. The van der Waals surface area contributed by atoms with E-state index in [1.54, 1.807) is 0 Å². The standard InChI is InChI=1S/C21H24N2O5/c1-12(2)8-9-21-10-13(3)16(11-28-21)17-18(21)20(25)22(19(17)24)14-4-6-15(7-5-14)23(26)27/h4-7,10,12,16-18H,8-9,11H2,1-3H3/t16-,17+,18-,21+/m1/s1. The molecule has 4 atom stereocenters. The first-order valence-corrected chi connectivity index (χ1v) is 9.71. The molecule has 2 fully saturated rings. The molecule has 28 heavy (non-hydrogen) atoms. The molecule has 0 N–H and O–H groups in total. The summed E-state index contributed by atoms with van der Waals surface area (Å²) in [5.74, 6) is -1.07. The Labute approximate surface area is 163 Å². The molecule has 3 heterocycles. The first-order chi connectivity index (χ1) is 13.2. The van der Waals surface area contributed by atoms with Crippen LogP contribution in [0.15, 0.2) is 35.9 Å². The lowest BCUT2D eigenvalue weighted by Gasteiger charge is -2.50. The molecule has 0 spiro atoms. The lowest BCUT2D eigenvalue weighted by atomic mass is 9.62. The van der Waals surface area contributed by atoms with Crippen molar-refractivity contribution >= 4 is 23.2 Å². The van der Waals surface area contributed by atoms with Gasteiger partial charge in [0.05, 0.1) is 34.7 Å². The predicted octanol–water partition coefficient (Wildman–Crippen LogP) is 3.48. The Balaban J connectivity index is 1.72. The van der Waals surface area contributed by atoms with E-state index in [0.717, 1.165) is 12.0 Å². The van der Waals surface area contributed by atoms with Crippen LogP contribution in [0.2, 0.25) is 0 Å². The number of rotatable bonds is 5. The molecular weight excluding hydrogens is 360 g/mol. The smallest absolute Gasteiger partial charge is 0.269 e. The van der Waals surface area contributed by atoms with Crippen molar-refractivity contribution in [3.8, 4) is 0 Å². The van der Waals surface area contributed by atoms with E-state index in [9.17, 15) is 19.7 Å². The van der Waals surface area contributed by atoms with E-state index >= 15 is 0 Å². The summed E-state index contributed by atoms with van der Waals surface area (Å²) < 4.78 is 6.19. The second-order valence-corrected chi connectivity index (χ2v) is 8.48. The van der Waals surface area contributed by atoms with Crippen LogP contribution in [-0.2, 0) is 14.3 Å². The molecule has 5 rings (SSSR count). The minimum Gasteiger partial charge on any atom is -0.369 e. The largest absolute Gasteiger partial charge is 0.369 e. The van der Waals surface area contributed by atoms with Crippen LogP contribution in [0, 0.1) is 33.8 Å². The lowest BCUT2D eigenvalue weighted by Crippen LogP contribution is -2.56. The summed E-state index contributed by atoms with van der Waals surface area (Å²) in [5.41, 5.74) is 0.680. The number of benzene rings is 1. The number of imide groups is 1. The molecule has 4 aliphatic rings. The topological polar surface area (TPSA) is 89.8 Å². The Kier molecular flexibility index (Phi) is 4.38. The van der Waals surface area contributed by atoms with Crippen LogP contribution in [0.3, 0.4) is 0 Å². The van der Waals surface area contributed by atoms with Crippen molar-refractivity contribution < 1.29 is 19.2 Å². The number of carbonyl (C=O) groups is 2. The normalized spacial score (nSPS) is 31.4. The summed E-state index contributed by atoms with van der Waals surface area (Å²) in [6.45, 7) is 6.72. The number of hydrogen-bond acceptors (Lipinski definition) is 5. The average molecular weight is 384 g/mol. The molecule has 1 aliphatic carbocycles. The summed E-state index contributed by atoms with van der Waals surface area (Å²) >= 11 is 0. The van der Waals surface area contributed by atoms with Gasteiger partial charge in [0, 0.05) is 18.1 Å². The number of fused-ring (bicyclic) bond motifs is 1. The first kappa shape index (κ1) is 18.8. The van der Waals surface area contributed by atoms with Crippen LogP contribution < -0.4 is 4.90 Å². The molecule has 0 unspecified atom stereocenters. The molecule has 0 radical (unpaired) electrons. The SMILES string of the molecule is CC1=C[C@]2(CCC(C)C)OC[C@H]1[C@@H]1C(=O)N(c3ccc([N+](=O)[O-])cc3)C(=O)[C@@H]12. The first-order valence-electron chi connectivity index (χ1n) is 9.71. The average Bonchev–Trinajstić information content (AvgIpc) is 2.93. The van der Waals surface area contributed by atoms with E-state index in [1.807, 2.05) is 6.92 Å². The van der Waals surface area contributed by atoms with Crippen LogP contribution in [0.25, 0.3) is 0 Å². The van der Waals surface area contributed by atoms with Gasteiger partial charge in [0.15, 0.2) is 0 Å². The van der Waals surface area contributed by atoms with Crippen molar-refractivity contribution in [2.24, 2.45) is 23.7 Å². The molecule has 0 aromatic heterocycles. The molecule has 2 saturated heterocycles. The van der Waals surface area contributed by atoms with Crippen molar-refractivity contribution in [3.63, 3.8) is 0 Å². The Morgan fingerprint density at radius 1 is 1.25 bits per heavy atom. The maximum absolute atomic E-state index is 13.4. The Morgan fingerprint density at radius 3 is 2.50 bits per heavy atom. The summed E-state index contributed by atoms with van der Waals surface area (Å²) in [6.07, 6.45) is 3.66. The molecule has 1 aromatic carbocycles. The van der Waals surface area contributed by atoms with Gasteiger partial charge in [0.25, 0.3) is 5.69 Å². The third-order valence-electron chi connectivity index (χ3n) is 6.33. The minimum atomic E-state index is -0.740. The van der Waals surface area contributed by atoms with E-state index in [-0.39, 0.29) is 23.4 Å².